The SMILES string of the molecule is CC(=O)Cc1cccc(CC2CCN(C)CC2)n1. The maximum atomic E-state index is 11.1. The third-order valence-electron chi connectivity index (χ3n) is 3.63. The monoisotopic (exact) mass is 246 g/mol. The lowest BCUT2D eigenvalue weighted by Gasteiger charge is -2.28. The number of hydrogen-bond acceptors (Lipinski definition) is 3. The van der Waals surface area contributed by atoms with Gasteiger partial charge < -0.3 is 4.90 Å². The highest BCUT2D eigenvalue weighted by Crippen LogP contribution is 2.20. The summed E-state index contributed by atoms with van der Waals surface area (Å²) < 4.78 is 0. The van der Waals surface area contributed by atoms with Crippen LogP contribution in [0.15, 0.2) is 18.2 Å². The summed E-state index contributed by atoms with van der Waals surface area (Å²) in [6.45, 7) is 4.00. The van der Waals surface area contributed by atoms with Gasteiger partial charge in [0, 0.05) is 17.8 Å². The van der Waals surface area contributed by atoms with Crippen molar-refractivity contribution in [3.8, 4) is 0 Å². The number of carbonyl (C=O) groups excluding carboxylic acids is 1. The topological polar surface area (TPSA) is 33.2 Å². The highest BCUT2D eigenvalue weighted by atomic mass is 16.1. The molecule has 2 heterocycles. The van der Waals surface area contributed by atoms with E-state index in [1.54, 1.807) is 6.92 Å². The molecule has 0 radical (unpaired) electrons. The zero-order chi connectivity index (χ0) is 13.0. The third kappa shape index (κ3) is 3.91. The first kappa shape index (κ1) is 13.2. The van der Waals surface area contributed by atoms with E-state index in [2.05, 4.69) is 23.0 Å². The van der Waals surface area contributed by atoms with Gasteiger partial charge in [0.15, 0.2) is 0 Å². The molecular weight excluding hydrogens is 224 g/mol. The highest BCUT2D eigenvalue weighted by molar-refractivity contribution is 5.77. The van der Waals surface area contributed by atoms with Crippen molar-refractivity contribution in [2.45, 2.75) is 32.6 Å². The Morgan fingerprint density at radius 3 is 2.67 bits per heavy atom. The molecule has 1 aromatic heterocycles. The molecule has 98 valence electrons. The smallest absolute Gasteiger partial charge is 0.135 e. The molecule has 0 N–H and O–H groups in total. The summed E-state index contributed by atoms with van der Waals surface area (Å²) in [5, 5.41) is 0. The number of piperidine rings is 1. The molecule has 2 rings (SSSR count). The first-order valence-electron chi connectivity index (χ1n) is 6.76. The molecule has 1 fully saturated rings. The van der Waals surface area contributed by atoms with E-state index >= 15 is 0 Å². The molecule has 1 aliphatic rings. The molecule has 0 aromatic carbocycles. The summed E-state index contributed by atoms with van der Waals surface area (Å²) in [6.07, 6.45) is 4.03. The Labute approximate surface area is 109 Å². The van der Waals surface area contributed by atoms with Gasteiger partial charge in [0.2, 0.25) is 0 Å². The molecule has 0 unspecified atom stereocenters. The van der Waals surface area contributed by atoms with Crippen LogP contribution in [0, 0.1) is 5.92 Å². The van der Waals surface area contributed by atoms with Crippen molar-refractivity contribution in [2.24, 2.45) is 5.92 Å². The fourth-order valence-corrected chi connectivity index (χ4v) is 2.56. The Morgan fingerprint density at radius 1 is 1.33 bits per heavy atom. The second-order valence-electron chi connectivity index (χ2n) is 5.45. The van der Waals surface area contributed by atoms with E-state index in [0.29, 0.717) is 6.42 Å². The van der Waals surface area contributed by atoms with Crippen molar-refractivity contribution < 1.29 is 4.79 Å². The summed E-state index contributed by atoms with van der Waals surface area (Å²) >= 11 is 0. The molecule has 3 nitrogen and oxygen atoms in total. The van der Waals surface area contributed by atoms with E-state index in [4.69, 9.17) is 0 Å². The van der Waals surface area contributed by atoms with Crippen LogP contribution in [0.4, 0.5) is 0 Å². The summed E-state index contributed by atoms with van der Waals surface area (Å²) in [5.74, 6) is 0.931. The van der Waals surface area contributed by atoms with Gasteiger partial charge >= 0.3 is 0 Å². The van der Waals surface area contributed by atoms with Gasteiger partial charge in [-0.25, -0.2) is 0 Å². The predicted octanol–water partition coefficient (Wildman–Crippen LogP) is 2.10. The average Bonchev–Trinajstić information content (AvgIpc) is 2.32. The van der Waals surface area contributed by atoms with Crippen molar-refractivity contribution in [1.29, 1.82) is 0 Å². The van der Waals surface area contributed by atoms with Crippen molar-refractivity contribution in [3.05, 3.63) is 29.6 Å². The summed E-state index contributed by atoms with van der Waals surface area (Å²) in [6, 6.07) is 6.05. The number of carbonyl (C=O) groups is 1. The van der Waals surface area contributed by atoms with Gasteiger partial charge in [0.05, 0.1) is 0 Å². The molecule has 0 bridgehead atoms. The summed E-state index contributed by atoms with van der Waals surface area (Å²) in [4.78, 5) is 18.1. The molecule has 1 aliphatic heterocycles. The zero-order valence-electron chi connectivity index (χ0n) is 11.4. The van der Waals surface area contributed by atoms with Gasteiger partial charge in [0.1, 0.15) is 5.78 Å². The lowest BCUT2D eigenvalue weighted by Crippen LogP contribution is -2.31. The third-order valence-corrected chi connectivity index (χ3v) is 3.63. The zero-order valence-corrected chi connectivity index (χ0v) is 11.4. The molecule has 1 aromatic rings. The van der Waals surface area contributed by atoms with E-state index in [1.165, 1.54) is 25.9 Å². The van der Waals surface area contributed by atoms with Crippen LogP contribution in [0.5, 0.6) is 0 Å². The molecule has 0 saturated carbocycles. The number of Topliss-reactive ketones (excluding diaryl/α,β-unsaturated/α-hetero) is 1. The lowest BCUT2D eigenvalue weighted by atomic mass is 9.92. The van der Waals surface area contributed by atoms with E-state index < -0.39 is 0 Å². The molecule has 0 aliphatic carbocycles. The van der Waals surface area contributed by atoms with Crippen LogP contribution in [0.25, 0.3) is 0 Å². The largest absolute Gasteiger partial charge is 0.306 e. The first-order valence-corrected chi connectivity index (χ1v) is 6.76. The number of ketones is 1. The van der Waals surface area contributed by atoms with Crippen LogP contribution >= 0.6 is 0 Å². The highest BCUT2D eigenvalue weighted by Gasteiger charge is 2.17. The quantitative estimate of drug-likeness (QED) is 0.815. The summed E-state index contributed by atoms with van der Waals surface area (Å²) in [5.41, 5.74) is 2.05. The Hall–Kier alpha value is -1.22. The first-order chi connectivity index (χ1) is 8.63. The van der Waals surface area contributed by atoms with E-state index in [0.717, 1.165) is 23.7 Å². The van der Waals surface area contributed by atoms with E-state index in [-0.39, 0.29) is 5.78 Å². The van der Waals surface area contributed by atoms with Crippen LogP contribution in [-0.4, -0.2) is 35.8 Å². The fourth-order valence-electron chi connectivity index (χ4n) is 2.56. The number of hydrogen-bond donors (Lipinski definition) is 0. The van der Waals surface area contributed by atoms with Gasteiger partial charge in [-0.2, -0.15) is 0 Å². The second-order valence-corrected chi connectivity index (χ2v) is 5.45. The van der Waals surface area contributed by atoms with Gasteiger partial charge in [0.25, 0.3) is 0 Å². The van der Waals surface area contributed by atoms with Crippen molar-refractivity contribution >= 4 is 5.78 Å². The minimum absolute atomic E-state index is 0.180. The molecule has 18 heavy (non-hydrogen) atoms. The average molecular weight is 246 g/mol. The second kappa shape index (κ2) is 6.10. The number of nitrogens with zero attached hydrogens (tertiary/aromatic N) is 2. The van der Waals surface area contributed by atoms with Gasteiger partial charge in [-0.1, -0.05) is 6.07 Å². The summed E-state index contributed by atoms with van der Waals surface area (Å²) in [7, 11) is 2.18. The van der Waals surface area contributed by atoms with Crippen molar-refractivity contribution in [2.75, 3.05) is 20.1 Å². The molecule has 0 atom stereocenters. The van der Waals surface area contributed by atoms with Crippen LogP contribution in [0.3, 0.4) is 0 Å². The molecular formula is C15H22N2O. The minimum atomic E-state index is 0.180. The van der Waals surface area contributed by atoms with Crippen molar-refractivity contribution in [1.82, 2.24) is 9.88 Å². The Kier molecular flexibility index (Phi) is 4.48. The van der Waals surface area contributed by atoms with Crippen molar-refractivity contribution in [3.63, 3.8) is 0 Å². The lowest BCUT2D eigenvalue weighted by molar-refractivity contribution is -0.116. The van der Waals surface area contributed by atoms with Crippen LogP contribution in [0.1, 0.15) is 31.2 Å². The normalized spacial score (nSPS) is 17.9. The molecule has 0 amide bonds. The fraction of sp³-hybridized carbons (Fsp3) is 0.600. The maximum absolute atomic E-state index is 11.1. The Morgan fingerprint density at radius 2 is 2.00 bits per heavy atom. The number of likely N-dealkylation sites (tertiary alicyclic amines) is 1. The Bertz CT molecular complexity index is 409. The predicted molar refractivity (Wildman–Crippen MR) is 72.5 cm³/mol. The molecule has 0 spiro atoms. The molecule has 3 heteroatoms. The number of pyridine rings is 1. The van der Waals surface area contributed by atoms with E-state index in [1.807, 2.05) is 12.1 Å². The molecule has 1 saturated heterocycles. The standard InChI is InChI=1S/C15H22N2O/c1-12(18)10-14-4-3-5-15(16-14)11-13-6-8-17(2)9-7-13/h3-5,13H,6-11H2,1-2H3. The van der Waals surface area contributed by atoms with Gasteiger partial charge in [-0.05, 0) is 64.4 Å². The van der Waals surface area contributed by atoms with Crippen LogP contribution in [0.2, 0.25) is 0 Å². The van der Waals surface area contributed by atoms with Gasteiger partial charge in [-0.3, -0.25) is 9.78 Å². The number of rotatable bonds is 4. The number of aromatic nitrogens is 1. The Balaban J connectivity index is 1.94. The minimum Gasteiger partial charge on any atom is -0.306 e. The van der Waals surface area contributed by atoms with Crippen LogP contribution < -0.4 is 0 Å². The maximum Gasteiger partial charge on any atom is 0.135 e. The van der Waals surface area contributed by atoms with Crippen LogP contribution in [-0.2, 0) is 17.6 Å². The van der Waals surface area contributed by atoms with Gasteiger partial charge in [-0.15, -0.1) is 0 Å². The van der Waals surface area contributed by atoms with E-state index in [9.17, 15) is 4.79 Å².